The number of piperidine rings is 1. The number of benzene rings is 2. The Kier molecular flexibility index (Phi) is 6.09. The fraction of sp³-hybridized carbons (Fsp3) is 0.217. The minimum absolute atomic E-state index is 0.199. The second-order valence-electron chi connectivity index (χ2n) is 7.76. The molecule has 172 valence electrons. The van der Waals surface area contributed by atoms with Crippen LogP contribution in [0.5, 0.6) is 5.75 Å². The van der Waals surface area contributed by atoms with Crippen molar-refractivity contribution in [3.8, 4) is 11.4 Å². The highest BCUT2D eigenvalue weighted by Crippen LogP contribution is 2.30. The molecule has 10 nitrogen and oxygen atoms in total. The number of carboxylic acid groups (broad SMARTS) is 1. The Labute approximate surface area is 198 Å². The second-order valence-corrected chi connectivity index (χ2v) is 9.02. The first-order valence-corrected chi connectivity index (χ1v) is 11.5. The fourth-order valence-electron chi connectivity index (χ4n) is 3.74. The minimum Gasteiger partial charge on any atom is -0.478 e. The molecule has 1 aliphatic rings. The molecule has 2 aromatic heterocycles. The maximum absolute atomic E-state index is 12.6. The predicted octanol–water partition coefficient (Wildman–Crippen LogP) is 3.66. The van der Waals surface area contributed by atoms with Gasteiger partial charge < -0.3 is 14.7 Å². The topological polar surface area (TPSA) is 123 Å². The van der Waals surface area contributed by atoms with Gasteiger partial charge in [-0.2, -0.15) is 4.68 Å². The van der Waals surface area contributed by atoms with Gasteiger partial charge in [-0.05, 0) is 65.7 Å². The van der Waals surface area contributed by atoms with E-state index in [4.69, 9.17) is 9.84 Å². The molecule has 1 fully saturated rings. The van der Waals surface area contributed by atoms with E-state index < -0.39 is 5.97 Å². The summed E-state index contributed by atoms with van der Waals surface area (Å²) in [6.45, 7) is 1.13. The molecule has 5 rings (SSSR count). The van der Waals surface area contributed by atoms with Crippen LogP contribution in [0.3, 0.4) is 0 Å². The molecule has 0 atom stereocenters. The monoisotopic (exact) mass is 476 g/mol. The number of tetrazole rings is 1. The molecule has 0 bridgehead atoms. The summed E-state index contributed by atoms with van der Waals surface area (Å²) >= 11 is 1.55. The van der Waals surface area contributed by atoms with E-state index in [-0.39, 0.29) is 16.9 Å². The van der Waals surface area contributed by atoms with E-state index in [2.05, 4.69) is 20.5 Å². The fourth-order valence-corrected chi connectivity index (χ4v) is 4.81. The third-order valence-electron chi connectivity index (χ3n) is 5.55. The summed E-state index contributed by atoms with van der Waals surface area (Å²) < 4.78 is 7.16. The molecule has 1 N–H and O–H groups in total. The maximum Gasteiger partial charge on any atom is 0.415 e. The van der Waals surface area contributed by atoms with Crippen molar-refractivity contribution in [2.24, 2.45) is 0 Å². The van der Waals surface area contributed by atoms with Gasteiger partial charge in [0, 0.05) is 36.0 Å². The smallest absolute Gasteiger partial charge is 0.415 e. The number of pyridine rings is 1. The second kappa shape index (κ2) is 9.48. The lowest BCUT2D eigenvalue weighted by molar-refractivity contribution is 0.0696. The third-order valence-corrected chi connectivity index (χ3v) is 6.82. The number of likely N-dealkylation sites (tertiary alicyclic amines) is 1. The number of nitrogens with zero attached hydrogens (tertiary/aromatic N) is 6. The van der Waals surface area contributed by atoms with E-state index in [0.717, 1.165) is 23.7 Å². The first-order valence-electron chi connectivity index (χ1n) is 10.7. The number of carboxylic acids is 1. The van der Waals surface area contributed by atoms with Crippen LogP contribution in [0.25, 0.3) is 16.6 Å². The van der Waals surface area contributed by atoms with Crippen molar-refractivity contribution in [1.29, 1.82) is 0 Å². The van der Waals surface area contributed by atoms with Gasteiger partial charge in [-0.15, -0.1) is 5.10 Å². The minimum atomic E-state index is -0.986. The lowest BCUT2D eigenvalue weighted by atomic mass is 10.1. The van der Waals surface area contributed by atoms with Crippen molar-refractivity contribution in [3.05, 3.63) is 66.4 Å². The first kappa shape index (κ1) is 21.8. The van der Waals surface area contributed by atoms with Crippen LogP contribution in [-0.4, -0.2) is 65.6 Å². The summed E-state index contributed by atoms with van der Waals surface area (Å²) in [5, 5.41) is 22.8. The van der Waals surface area contributed by atoms with Crippen molar-refractivity contribution in [2.75, 3.05) is 13.1 Å². The predicted molar refractivity (Wildman–Crippen MR) is 124 cm³/mol. The van der Waals surface area contributed by atoms with E-state index in [1.165, 1.54) is 12.1 Å². The Morgan fingerprint density at radius 2 is 1.85 bits per heavy atom. The van der Waals surface area contributed by atoms with E-state index in [1.807, 2.05) is 18.2 Å². The van der Waals surface area contributed by atoms with Crippen molar-refractivity contribution in [2.45, 2.75) is 23.2 Å². The molecule has 0 unspecified atom stereocenters. The zero-order valence-electron chi connectivity index (χ0n) is 17.9. The Bertz CT molecular complexity index is 1330. The first-order chi connectivity index (χ1) is 16.6. The van der Waals surface area contributed by atoms with E-state index in [0.29, 0.717) is 29.7 Å². The van der Waals surface area contributed by atoms with Gasteiger partial charge in [0.2, 0.25) is 5.16 Å². The Balaban J connectivity index is 1.18. The van der Waals surface area contributed by atoms with E-state index in [9.17, 15) is 9.59 Å². The standard InChI is InChI=1S/C23H20N6O4S/c30-21(31)16-3-6-17(7-4-16)29-22(25-26-27-29)34-19-9-12-28(13-10-19)23(32)33-18-8-5-15-2-1-11-24-20(15)14-18/h1-8,11,14,19H,9-10,12-13H2,(H,30,31). The van der Waals surface area contributed by atoms with Gasteiger partial charge in [-0.25, -0.2) is 9.59 Å². The van der Waals surface area contributed by atoms with Crippen molar-refractivity contribution < 1.29 is 19.4 Å². The number of fused-ring (bicyclic) bond motifs is 1. The van der Waals surface area contributed by atoms with Crippen LogP contribution in [-0.2, 0) is 0 Å². The Morgan fingerprint density at radius 3 is 2.62 bits per heavy atom. The Morgan fingerprint density at radius 1 is 1.06 bits per heavy atom. The summed E-state index contributed by atoms with van der Waals surface area (Å²) in [5.41, 5.74) is 1.66. The highest BCUT2D eigenvalue weighted by Gasteiger charge is 2.26. The van der Waals surface area contributed by atoms with Crippen LogP contribution in [0.2, 0.25) is 0 Å². The number of carbonyl (C=O) groups excluding carboxylic acids is 1. The molecule has 0 aliphatic carbocycles. The normalized spacial score (nSPS) is 14.3. The highest BCUT2D eigenvalue weighted by atomic mass is 32.2. The molecular formula is C23H20N6O4S. The zero-order chi connectivity index (χ0) is 23.5. The number of rotatable bonds is 5. The average molecular weight is 477 g/mol. The average Bonchev–Trinajstić information content (AvgIpc) is 3.32. The van der Waals surface area contributed by atoms with E-state index >= 15 is 0 Å². The number of hydrogen-bond acceptors (Lipinski definition) is 8. The van der Waals surface area contributed by atoms with Gasteiger partial charge in [0.05, 0.1) is 16.8 Å². The van der Waals surface area contributed by atoms with Crippen LogP contribution in [0, 0.1) is 0 Å². The number of aromatic carboxylic acids is 1. The Hall–Kier alpha value is -3.99. The molecule has 0 saturated carbocycles. The van der Waals surface area contributed by atoms with Crippen LogP contribution in [0.15, 0.2) is 66.0 Å². The number of ether oxygens (including phenoxy) is 1. The van der Waals surface area contributed by atoms with Crippen molar-refractivity contribution in [1.82, 2.24) is 30.1 Å². The zero-order valence-corrected chi connectivity index (χ0v) is 18.8. The number of thioether (sulfide) groups is 1. The summed E-state index contributed by atoms with van der Waals surface area (Å²) in [5.74, 6) is -0.513. The molecule has 1 saturated heterocycles. The van der Waals surface area contributed by atoms with Crippen LogP contribution in [0.1, 0.15) is 23.2 Å². The molecule has 0 spiro atoms. The molecule has 1 amide bonds. The van der Waals surface area contributed by atoms with Gasteiger partial charge in [0.15, 0.2) is 0 Å². The summed E-state index contributed by atoms with van der Waals surface area (Å²) in [4.78, 5) is 29.7. The molecule has 0 radical (unpaired) electrons. The van der Waals surface area contributed by atoms with Gasteiger partial charge in [0.25, 0.3) is 0 Å². The van der Waals surface area contributed by atoms with Crippen molar-refractivity contribution in [3.63, 3.8) is 0 Å². The van der Waals surface area contributed by atoms with Crippen LogP contribution < -0.4 is 4.74 Å². The SMILES string of the molecule is O=C(O)c1ccc(-n2nnnc2SC2CCN(C(=O)Oc3ccc4cccnc4c3)CC2)cc1. The van der Waals surface area contributed by atoms with Gasteiger partial charge in [-0.3, -0.25) is 4.98 Å². The quantitative estimate of drug-likeness (QED) is 0.459. The number of aromatic nitrogens is 5. The lowest BCUT2D eigenvalue weighted by Crippen LogP contribution is -2.41. The largest absolute Gasteiger partial charge is 0.478 e. The molecule has 11 heteroatoms. The van der Waals surface area contributed by atoms with Gasteiger partial charge in [-0.1, -0.05) is 17.8 Å². The molecule has 1 aliphatic heterocycles. The molecule has 3 heterocycles. The summed E-state index contributed by atoms with van der Waals surface area (Å²) in [6.07, 6.45) is 2.87. The summed E-state index contributed by atoms with van der Waals surface area (Å²) in [6, 6.07) is 15.6. The van der Waals surface area contributed by atoms with E-state index in [1.54, 1.807) is 51.8 Å². The van der Waals surface area contributed by atoms with Crippen LogP contribution >= 0.6 is 11.8 Å². The molecular weight excluding hydrogens is 456 g/mol. The summed E-state index contributed by atoms with van der Waals surface area (Å²) in [7, 11) is 0. The number of carbonyl (C=O) groups is 2. The van der Waals surface area contributed by atoms with Gasteiger partial charge >= 0.3 is 12.1 Å². The third kappa shape index (κ3) is 4.69. The molecule has 2 aromatic carbocycles. The molecule has 4 aromatic rings. The highest BCUT2D eigenvalue weighted by molar-refractivity contribution is 7.99. The lowest BCUT2D eigenvalue weighted by Gasteiger charge is -2.30. The molecule has 34 heavy (non-hydrogen) atoms. The van der Waals surface area contributed by atoms with Gasteiger partial charge in [0.1, 0.15) is 5.75 Å². The van der Waals surface area contributed by atoms with Crippen LogP contribution in [0.4, 0.5) is 4.79 Å². The number of hydrogen-bond donors (Lipinski definition) is 1. The number of amides is 1. The maximum atomic E-state index is 12.6. The van der Waals surface area contributed by atoms with Crippen molar-refractivity contribution >= 4 is 34.7 Å².